The molecule has 0 heterocycles. The number of unbranched alkanes of at least 4 members (excludes halogenated alkanes) is 2. The van der Waals surface area contributed by atoms with Crippen LogP contribution in [0.1, 0.15) is 58.3 Å². The molecule has 0 aromatic heterocycles. The van der Waals surface area contributed by atoms with E-state index in [4.69, 9.17) is 4.79 Å². The molecular weight excluding hydrogens is 204 g/mol. The molecule has 1 aliphatic carbocycles. The van der Waals surface area contributed by atoms with Crippen LogP contribution in [0.5, 0.6) is 0 Å². The van der Waals surface area contributed by atoms with Gasteiger partial charge in [-0.3, -0.25) is 4.79 Å². The zero-order valence-electron chi connectivity index (χ0n) is 10.7. The fourth-order valence-electron chi connectivity index (χ4n) is 2.12. The number of methoxy groups -OCH3 is 1. The van der Waals surface area contributed by atoms with Gasteiger partial charge in [-0.15, -0.1) is 0 Å². The Balaban J connectivity index is 0.000000487. The van der Waals surface area contributed by atoms with Gasteiger partial charge in [-0.05, 0) is 31.6 Å². The van der Waals surface area contributed by atoms with E-state index in [0.717, 1.165) is 18.8 Å². The molecule has 0 bridgehead atoms. The highest BCUT2D eigenvalue weighted by molar-refractivity contribution is 5.36. The van der Waals surface area contributed by atoms with Crippen LogP contribution in [0.4, 0.5) is 0 Å². The van der Waals surface area contributed by atoms with Crippen molar-refractivity contribution in [2.24, 2.45) is 5.92 Å². The van der Waals surface area contributed by atoms with Gasteiger partial charge < -0.3 is 9.84 Å². The van der Waals surface area contributed by atoms with Crippen molar-refractivity contribution in [3.8, 4) is 0 Å². The van der Waals surface area contributed by atoms with Crippen LogP contribution in [-0.2, 0) is 9.53 Å². The number of aliphatic hydroxyl groups is 1. The van der Waals surface area contributed by atoms with Crippen LogP contribution in [0.2, 0.25) is 0 Å². The predicted octanol–water partition coefficient (Wildman–Crippen LogP) is 2.91. The summed E-state index contributed by atoms with van der Waals surface area (Å²) >= 11 is 0. The summed E-state index contributed by atoms with van der Waals surface area (Å²) in [4.78, 5) is 8.95. The van der Waals surface area contributed by atoms with Gasteiger partial charge >= 0.3 is 0 Å². The van der Waals surface area contributed by atoms with Gasteiger partial charge in [-0.2, -0.15) is 0 Å². The molecule has 1 saturated carbocycles. The zero-order chi connectivity index (χ0) is 12.2. The number of carbonyl (C=O) groups excluding carboxylic acids is 1. The first-order valence-electron chi connectivity index (χ1n) is 6.39. The predicted molar refractivity (Wildman–Crippen MR) is 65.2 cm³/mol. The topological polar surface area (TPSA) is 46.5 Å². The number of ether oxygens (including phenoxy) is 1. The molecule has 1 N–H and O–H groups in total. The lowest BCUT2D eigenvalue weighted by atomic mass is 9.84. The molecule has 0 unspecified atom stereocenters. The molecule has 1 rings (SSSR count). The zero-order valence-corrected chi connectivity index (χ0v) is 10.7. The Morgan fingerprint density at radius 3 is 2.25 bits per heavy atom. The number of hydrogen-bond donors (Lipinski definition) is 1. The maximum absolute atomic E-state index is 9.30. The van der Waals surface area contributed by atoms with Gasteiger partial charge in [0.2, 0.25) is 0 Å². The summed E-state index contributed by atoms with van der Waals surface area (Å²) in [5.41, 5.74) is 0. The van der Waals surface area contributed by atoms with Crippen LogP contribution in [0.3, 0.4) is 0 Å². The van der Waals surface area contributed by atoms with Crippen molar-refractivity contribution >= 4 is 6.47 Å². The van der Waals surface area contributed by atoms with Gasteiger partial charge in [0.15, 0.2) is 0 Å². The first-order chi connectivity index (χ1) is 7.74. The molecule has 16 heavy (non-hydrogen) atoms. The Labute approximate surface area is 99.2 Å². The second kappa shape index (κ2) is 10.9. The average molecular weight is 230 g/mol. The standard InChI is InChI=1S/C11H22O.C2H4O2/c1-2-3-4-5-10-6-8-11(12)9-7-10;1-4-2-3/h10-12H,2-9H2,1H3;2H,1H3. The molecule has 0 amide bonds. The number of carbonyl (C=O) groups is 1. The Bertz CT molecular complexity index is 151. The van der Waals surface area contributed by atoms with Crippen LogP contribution < -0.4 is 0 Å². The van der Waals surface area contributed by atoms with Crippen molar-refractivity contribution < 1.29 is 14.6 Å². The highest BCUT2D eigenvalue weighted by Crippen LogP contribution is 2.28. The van der Waals surface area contributed by atoms with Crippen LogP contribution in [0.15, 0.2) is 0 Å². The molecule has 0 saturated heterocycles. The summed E-state index contributed by atoms with van der Waals surface area (Å²) in [5.74, 6) is 0.931. The molecule has 0 aliphatic heterocycles. The minimum absolute atomic E-state index is 0.0208. The minimum Gasteiger partial charge on any atom is -0.471 e. The van der Waals surface area contributed by atoms with E-state index in [0.29, 0.717) is 6.47 Å². The van der Waals surface area contributed by atoms with Crippen molar-refractivity contribution in [2.75, 3.05) is 7.11 Å². The second-order valence-electron chi connectivity index (χ2n) is 4.50. The van der Waals surface area contributed by atoms with Crippen molar-refractivity contribution in [3.63, 3.8) is 0 Å². The molecule has 0 spiro atoms. The molecule has 3 heteroatoms. The lowest BCUT2D eigenvalue weighted by Crippen LogP contribution is -2.17. The molecule has 0 radical (unpaired) electrons. The third kappa shape index (κ3) is 8.72. The van der Waals surface area contributed by atoms with Gasteiger partial charge in [0.05, 0.1) is 13.2 Å². The maximum Gasteiger partial charge on any atom is 0.292 e. The molecule has 0 aromatic carbocycles. The van der Waals surface area contributed by atoms with Crippen molar-refractivity contribution in [2.45, 2.75) is 64.4 Å². The van der Waals surface area contributed by atoms with E-state index < -0.39 is 0 Å². The molecule has 0 aromatic rings. The van der Waals surface area contributed by atoms with Crippen LogP contribution in [0, 0.1) is 5.92 Å². The summed E-state index contributed by atoms with van der Waals surface area (Å²) in [7, 11) is 1.31. The van der Waals surface area contributed by atoms with Crippen molar-refractivity contribution in [1.29, 1.82) is 0 Å². The van der Waals surface area contributed by atoms with Crippen LogP contribution in [-0.4, -0.2) is 24.8 Å². The lowest BCUT2D eigenvalue weighted by molar-refractivity contribution is -0.126. The third-order valence-electron chi connectivity index (χ3n) is 3.13. The smallest absolute Gasteiger partial charge is 0.292 e. The van der Waals surface area contributed by atoms with Crippen molar-refractivity contribution in [1.82, 2.24) is 0 Å². The first kappa shape index (κ1) is 15.4. The molecule has 0 atom stereocenters. The van der Waals surface area contributed by atoms with Gasteiger partial charge in [-0.25, -0.2) is 0 Å². The molecule has 3 nitrogen and oxygen atoms in total. The van der Waals surface area contributed by atoms with E-state index >= 15 is 0 Å². The largest absolute Gasteiger partial charge is 0.471 e. The van der Waals surface area contributed by atoms with Gasteiger partial charge in [0.1, 0.15) is 0 Å². The summed E-state index contributed by atoms with van der Waals surface area (Å²) in [6.45, 7) is 2.63. The van der Waals surface area contributed by atoms with Crippen molar-refractivity contribution in [3.05, 3.63) is 0 Å². The first-order valence-corrected chi connectivity index (χ1v) is 6.39. The molecule has 96 valence electrons. The summed E-state index contributed by atoms with van der Waals surface area (Å²) in [5, 5.41) is 9.30. The van der Waals surface area contributed by atoms with E-state index in [1.54, 1.807) is 0 Å². The van der Waals surface area contributed by atoms with E-state index in [9.17, 15) is 5.11 Å². The lowest BCUT2D eigenvalue weighted by Gasteiger charge is -2.25. The maximum atomic E-state index is 9.30. The average Bonchev–Trinajstić information content (AvgIpc) is 2.32. The quantitative estimate of drug-likeness (QED) is 0.583. The SMILES string of the molecule is CCCCCC1CCC(O)CC1.COC=O. The Morgan fingerprint density at radius 1 is 1.25 bits per heavy atom. The number of rotatable bonds is 5. The highest BCUT2D eigenvalue weighted by Gasteiger charge is 2.18. The molecule has 1 fully saturated rings. The minimum atomic E-state index is 0.0208. The summed E-state index contributed by atoms with van der Waals surface area (Å²) in [6.07, 6.45) is 10.2. The Morgan fingerprint density at radius 2 is 1.81 bits per heavy atom. The van der Waals surface area contributed by atoms with Gasteiger partial charge in [0, 0.05) is 0 Å². The normalized spacial score (nSPS) is 24.2. The third-order valence-corrected chi connectivity index (χ3v) is 3.13. The molecule has 1 aliphatic rings. The monoisotopic (exact) mass is 230 g/mol. The van der Waals surface area contributed by atoms with E-state index in [1.165, 1.54) is 45.6 Å². The van der Waals surface area contributed by atoms with Gasteiger partial charge in [0.25, 0.3) is 6.47 Å². The molecular formula is C13H26O3. The Hall–Kier alpha value is -0.570. The number of aliphatic hydroxyl groups excluding tert-OH is 1. The summed E-state index contributed by atoms with van der Waals surface area (Å²) < 4.78 is 3.86. The summed E-state index contributed by atoms with van der Waals surface area (Å²) in [6, 6.07) is 0. The van der Waals surface area contributed by atoms with Crippen LogP contribution in [0.25, 0.3) is 0 Å². The fourth-order valence-corrected chi connectivity index (χ4v) is 2.12. The second-order valence-corrected chi connectivity index (χ2v) is 4.50. The number of hydrogen-bond acceptors (Lipinski definition) is 3. The Kier molecular flexibility index (Phi) is 10.5. The fraction of sp³-hybridized carbons (Fsp3) is 0.923. The highest BCUT2D eigenvalue weighted by atomic mass is 16.5. The van der Waals surface area contributed by atoms with E-state index in [1.807, 2.05) is 0 Å². The van der Waals surface area contributed by atoms with E-state index in [-0.39, 0.29) is 6.10 Å². The van der Waals surface area contributed by atoms with Crippen LogP contribution >= 0.6 is 0 Å². The van der Waals surface area contributed by atoms with E-state index in [2.05, 4.69) is 11.7 Å². The van der Waals surface area contributed by atoms with Gasteiger partial charge in [-0.1, -0.05) is 32.6 Å².